The van der Waals surface area contributed by atoms with Gasteiger partial charge in [0.1, 0.15) is 11.4 Å². The van der Waals surface area contributed by atoms with Crippen molar-refractivity contribution in [3.8, 4) is 17.0 Å². The van der Waals surface area contributed by atoms with E-state index in [1.54, 1.807) is 24.3 Å². The van der Waals surface area contributed by atoms with Crippen LogP contribution in [-0.2, 0) is 0 Å². The molecule has 6 heteroatoms. The van der Waals surface area contributed by atoms with Gasteiger partial charge in [0.2, 0.25) is 0 Å². The molecule has 3 N–H and O–H groups in total. The second-order valence-electron chi connectivity index (χ2n) is 7.61. The number of aromatic amines is 1. The average molecular weight is 355 g/mol. The number of aliphatic hydroxyl groups is 1. The molecule has 2 aliphatic rings. The lowest BCUT2D eigenvalue weighted by molar-refractivity contribution is -0.0609. The zero-order chi connectivity index (χ0) is 18.3. The van der Waals surface area contributed by atoms with Crippen molar-refractivity contribution in [2.24, 2.45) is 11.8 Å². The van der Waals surface area contributed by atoms with Crippen LogP contribution in [0.5, 0.6) is 5.75 Å². The second kappa shape index (κ2) is 6.43. The van der Waals surface area contributed by atoms with Crippen molar-refractivity contribution in [1.29, 1.82) is 0 Å². The van der Waals surface area contributed by atoms with Gasteiger partial charge in [0.25, 0.3) is 5.91 Å². The summed E-state index contributed by atoms with van der Waals surface area (Å²) in [6, 6.07) is 8.62. The minimum Gasteiger partial charge on any atom is -0.507 e. The van der Waals surface area contributed by atoms with E-state index in [1.165, 1.54) is 0 Å². The lowest BCUT2D eigenvalue weighted by atomic mass is 9.69. The third-order valence-electron chi connectivity index (χ3n) is 6.20. The Bertz CT molecular complexity index is 818. The molecule has 2 aromatic rings. The molecule has 4 rings (SSSR count). The lowest BCUT2D eigenvalue weighted by Crippen LogP contribution is -2.44. The number of hydrogen-bond donors (Lipinski definition) is 3. The number of rotatable bonds is 3. The molecule has 0 radical (unpaired) electrons. The molecular formula is C20H25N3O3. The molecular weight excluding hydrogens is 330 g/mol. The van der Waals surface area contributed by atoms with Gasteiger partial charge in [-0.15, -0.1) is 0 Å². The molecule has 0 spiro atoms. The van der Waals surface area contributed by atoms with E-state index in [2.05, 4.69) is 10.2 Å². The summed E-state index contributed by atoms with van der Waals surface area (Å²) in [7, 11) is 0. The van der Waals surface area contributed by atoms with Crippen molar-refractivity contribution in [2.75, 3.05) is 13.1 Å². The zero-order valence-corrected chi connectivity index (χ0v) is 15.0. The molecule has 1 aromatic carbocycles. The monoisotopic (exact) mass is 355 g/mol. The maximum absolute atomic E-state index is 12.9. The Morgan fingerprint density at radius 3 is 2.96 bits per heavy atom. The van der Waals surface area contributed by atoms with E-state index in [9.17, 15) is 15.0 Å². The van der Waals surface area contributed by atoms with Crippen molar-refractivity contribution in [2.45, 2.75) is 38.2 Å². The Hall–Kier alpha value is -2.34. The van der Waals surface area contributed by atoms with Crippen LogP contribution in [0.1, 0.15) is 43.1 Å². The zero-order valence-electron chi connectivity index (χ0n) is 15.0. The first-order chi connectivity index (χ1) is 12.5. The quantitative estimate of drug-likeness (QED) is 0.790. The smallest absolute Gasteiger partial charge is 0.271 e. The molecule has 1 aromatic heterocycles. The fourth-order valence-corrected chi connectivity index (χ4v) is 4.66. The molecule has 1 aliphatic carbocycles. The molecule has 1 aliphatic heterocycles. The van der Waals surface area contributed by atoms with Gasteiger partial charge in [-0.3, -0.25) is 9.89 Å². The molecule has 6 nitrogen and oxygen atoms in total. The number of carbonyl (C=O) groups is 1. The van der Waals surface area contributed by atoms with Gasteiger partial charge in [0.15, 0.2) is 0 Å². The number of carbonyl (C=O) groups excluding carboxylic acids is 1. The van der Waals surface area contributed by atoms with Crippen LogP contribution >= 0.6 is 0 Å². The summed E-state index contributed by atoms with van der Waals surface area (Å²) in [6.07, 6.45) is 3.66. The van der Waals surface area contributed by atoms with Crippen molar-refractivity contribution in [3.63, 3.8) is 0 Å². The largest absolute Gasteiger partial charge is 0.507 e. The highest BCUT2D eigenvalue weighted by Gasteiger charge is 2.48. The van der Waals surface area contributed by atoms with Gasteiger partial charge in [-0.05, 0) is 43.4 Å². The van der Waals surface area contributed by atoms with Crippen molar-refractivity contribution in [1.82, 2.24) is 15.1 Å². The Balaban J connectivity index is 1.53. The number of hydrogen-bond acceptors (Lipinski definition) is 4. The minimum absolute atomic E-state index is 0.0907. The molecule has 1 saturated heterocycles. The molecule has 0 bridgehead atoms. The maximum atomic E-state index is 12.9. The normalized spacial score (nSPS) is 28.2. The standard InChI is InChI=1S/C20H25N3O3/c1-2-20(26)9-5-6-13-11-23(12-15(13)20)19(25)17-10-16(21-22-17)14-7-3-4-8-18(14)24/h3-4,7-8,10,13,15,24,26H,2,5-6,9,11-12H2,1H3,(H,21,22)/t13-,15+,20-/m0/s1. The summed E-state index contributed by atoms with van der Waals surface area (Å²) in [6.45, 7) is 3.32. The summed E-state index contributed by atoms with van der Waals surface area (Å²) in [5.74, 6) is 0.578. The van der Waals surface area contributed by atoms with E-state index in [0.29, 0.717) is 36.0 Å². The molecule has 2 heterocycles. The number of phenolic OH excluding ortho intramolecular Hbond substituents is 1. The van der Waals surface area contributed by atoms with Gasteiger partial charge in [0.05, 0.1) is 11.3 Å². The first-order valence-corrected chi connectivity index (χ1v) is 9.37. The van der Waals surface area contributed by atoms with Gasteiger partial charge in [0, 0.05) is 24.6 Å². The highest BCUT2D eigenvalue weighted by atomic mass is 16.3. The van der Waals surface area contributed by atoms with Crippen molar-refractivity contribution < 1.29 is 15.0 Å². The number of nitrogens with one attached hydrogen (secondary N) is 1. The number of aromatic nitrogens is 2. The van der Waals surface area contributed by atoms with Crippen LogP contribution in [0, 0.1) is 11.8 Å². The maximum Gasteiger partial charge on any atom is 0.271 e. The van der Waals surface area contributed by atoms with Gasteiger partial charge in [-0.1, -0.05) is 25.5 Å². The van der Waals surface area contributed by atoms with Crippen LogP contribution in [-0.4, -0.2) is 49.9 Å². The van der Waals surface area contributed by atoms with Crippen LogP contribution in [0.25, 0.3) is 11.3 Å². The average Bonchev–Trinajstić information content (AvgIpc) is 3.30. The Labute approximate surface area is 152 Å². The van der Waals surface area contributed by atoms with Crippen molar-refractivity contribution in [3.05, 3.63) is 36.0 Å². The number of benzene rings is 1. The number of aromatic hydroxyl groups is 1. The van der Waals surface area contributed by atoms with E-state index >= 15 is 0 Å². The molecule has 1 saturated carbocycles. The minimum atomic E-state index is -0.646. The first-order valence-electron chi connectivity index (χ1n) is 9.37. The van der Waals surface area contributed by atoms with Gasteiger partial charge in [-0.2, -0.15) is 5.10 Å². The Morgan fingerprint density at radius 1 is 1.38 bits per heavy atom. The van der Waals surface area contributed by atoms with E-state index in [1.807, 2.05) is 17.9 Å². The van der Waals surface area contributed by atoms with Gasteiger partial charge in [-0.25, -0.2) is 0 Å². The van der Waals surface area contributed by atoms with Crippen LogP contribution < -0.4 is 0 Å². The second-order valence-corrected chi connectivity index (χ2v) is 7.61. The highest BCUT2D eigenvalue weighted by molar-refractivity contribution is 5.93. The van der Waals surface area contributed by atoms with Gasteiger partial charge >= 0.3 is 0 Å². The summed E-state index contributed by atoms with van der Waals surface area (Å²) in [4.78, 5) is 14.8. The topological polar surface area (TPSA) is 89.4 Å². The highest BCUT2D eigenvalue weighted by Crippen LogP contribution is 2.44. The molecule has 3 atom stereocenters. The van der Waals surface area contributed by atoms with Crippen LogP contribution in [0.15, 0.2) is 30.3 Å². The predicted molar refractivity (Wildman–Crippen MR) is 97.7 cm³/mol. The summed E-state index contributed by atoms with van der Waals surface area (Å²) < 4.78 is 0. The number of nitrogens with zero attached hydrogens (tertiary/aromatic N) is 2. The number of likely N-dealkylation sites (tertiary alicyclic amines) is 1. The number of phenols is 1. The Morgan fingerprint density at radius 2 is 2.19 bits per heavy atom. The summed E-state index contributed by atoms with van der Waals surface area (Å²) in [5.41, 5.74) is 0.917. The number of para-hydroxylation sites is 1. The molecule has 0 unspecified atom stereocenters. The van der Waals surface area contributed by atoms with E-state index < -0.39 is 5.60 Å². The SMILES string of the molecule is CC[C@]1(O)CCC[C@H]2CN(C(=O)c3cc(-c4ccccc4O)n[nH]3)C[C@H]21. The van der Waals surface area contributed by atoms with Crippen molar-refractivity contribution >= 4 is 5.91 Å². The van der Waals surface area contributed by atoms with Crippen LogP contribution in [0.2, 0.25) is 0 Å². The molecule has 1 amide bonds. The van der Waals surface area contributed by atoms with Gasteiger partial charge < -0.3 is 15.1 Å². The third-order valence-corrected chi connectivity index (χ3v) is 6.20. The third kappa shape index (κ3) is 2.78. The van der Waals surface area contributed by atoms with Crippen LogP contribution in [0.4, 0.5) is 0 Å². The lowest BCUT2D eigenvalue weighted by Gasteiger charge is -2.40. The van der Waals surface area contributed by atoms with E-state index in [0.717, 1.165) is 25.7 Å². The fourth-order valence-electron chi connectivity index (χ4n) is 4.66. The summed E-state index contributed by atoms with van der Waals surface area (Å²) >= 11 is 0. The predicted octanol–water partition coefficient (Wildman–Crippen LogP) is 2.80. The van der Waals surface area contributed by atoms with Crippen LogP contribution in [0.3, 0.4) is 0 Å². The number of fused-ring (bicyclic) bond motifs is 1. The Kier molecular flexibility index (Phi) is 4.23. The molecule has 2 fully saturated rings. The summed E-state index contributed by atoms with van der Waals surface area (Å²) in [5, 5.41) is 27.9. The number of amides is 1. The molecule has 138 valence electrons. The molecule has 26 heavy (non-hydrogen) atoms. The van der Waals surface area contributed by atoms with E-state index in [-0.39, 0.29) is 17.6 Å². The fraction of sp³-hybridized carbons (Fsp3) is 0.500. The number of H-pyrrole nitrogens is 1. The first kappa shape index (κ1) is 17.1. The van der Waals surface area contributed by atoms with E-state index in [4.69, 9.17) is 0 Å².